The van der Waals surface area contributed by atoms with Gasteiger partial charge in [0.05, 0.1) is 11.2 Å². The zero-order chi connectivity index (χ0) is 22.4. The fourth-order valence-corrected chi connectivity index (χ4v) is 5.19. The van der Waals surface area contributed by atoms with Crippen molar-refractivity contribution in [2.24, 2.45) is 0 Å². The number of hydrogen-bond acceptors (Lipinski definition) is 4. The van der Waals surface area contributed by atoms with Gasteiger partial charge in [-0.3, -0.25) is 10.1 Å². The van der Waals surface area contributed by atoms with Crippen LogP contribution in [0.2, 0.25) is 0 Å². The highest BCUT2D eigenvalue weighted by molar-refractivity contribution is 7.13. The van der Waals surface area contributed by atoms with E-state index in [1.54, 1.807) is 11.3 Å². The summed E-state index contributed by atoms with van der Waals surface area (Å²) in [5, 5.41) is 12.3. The Morgan fingerprint density at radius 2 is 1.82 bits per heavy atom. The van der Waals surface area contributed by atoms with Crippen molar-refractivity contribution < 1.29 is 0 Å². The van der Waals surface area contributed by atoms with E-state index >= 15 is 0 Å². The monoisotopic (exact) mass is 449 g/mol. The molecule has 0 amide bonds. The summed E-state index contributed by atoms with van der Waals surface area (Å²) in [6, 6.07) is 21.5. The van der Waals surface area contributed by atoms with Gasteiger partial charge < -0.3 is 9.88 Å². The summed E-state index contributed by atoms with van der Waals surface area (Å²) in [7, 11) is 4.14. The number of rotatable bonds is 5. The van der Waals surface area contributed by atoms with Crippen molar-refractivity contribution in [1.82, 2.24) is 25.1 Å². The molecule has 162 valence electrons. The van der Waals surface area contributed by atoms with Crippen LogP contribution in [-0.2, 0) is 6.54 Å². The van der Waals surface area contributed by atoms with Crippen LogP contribution in [0.3, 0.4) is 0 Å². The number of aromatic nitrogens is 4. The van der Waals surface area contributed by atoms with Gasteiger partial charge in [-0.2, -0.15) is 5.10 Å². The minimum Gasteiger partial charge on any atom is -0.353 e. The molecule has 4 aromatic heterocycles. The lowest BCUT2D eigenvalue weighted by molar-refractivity contribution is 0.402. The van der Waals surface area contributed by atoms with Crippen molar-refractivity contribution in [2.45, 2.75) is 6.54 Å². The predicted molar refractivity (Wildman–Crippen MR) is 137 cm³/mol. The van der Waals surface area contributed by atoms with E-state index in [-0.39, 0.29) is 0 Å². The minimum atomic E-state index is 0.863. The maximum Gasteiger partial charge on any atom is 0.116 e. The first-order chi connectivity index (χ1) is 16.2. The van der Waals surface area contributed by atoms with E-state index in [1.165, 1.54) is 21.4 Å². The van der Waals surface area contributed by atoms with Gasteiger partial charge in [-0.05, 0) is 67.0 Å². The van der Waals surface area contributed by atoms with Crippen LogP contribution in [0, 0.1) is 0 Å². The Morgan fingerprint density at radius 3 is 2.67 bits per heavy atom. The third-order valence-electron chi connectivity index (χ3n) is 5.90. The fraction of sp³-hybridized carbons (Fsp3) is 0.111. The van der Waals surface area contributed by atoms with Crippen LogP contribution in [0.5, 0.6) is 0 Å². The van der Waals surface area contributed by atoms with Gasteiger partial charge in [0.15, 0.2) is 0 Å². The van der Waals surface area contributed by atoms with E-state index in [0.29, 0.717) is 0 Å². The lowest BCUT2D eigenvalue weighted by Crippen LogP contribution is -2.10. The molecule has 5 nitrogen and oxygen atoms in total. The average molecular weight is 450 g/mol. The number of aromatic amines is 2. The first kappa shape index (κ1) is 19.9. The third kappa shape index (κ3) is 3.63. The molecule has 6 aromatic rings. The van der Waals surface area contributed by atoms with Crippen LogP contribution in [-0.4, -0.2) is 39.2 Å². The Morgan fingerprint density at radius 1 is 0.879 bits per heavy atom. The van der Waals surface area contributed by atoms with Gasteiger partial charge in [0.2, 0.25) is 0 Å². The Bertz CT molecular complexity index is 1570. The molecule has 0 bridgehead atoms. The lowest BCUT2D eigenvalue weighted by Gasteiger charge is -2.10. The van der Waals surface area contributed by atoms with E-state index < -0.39 is 0 Å². The largest absolute Gasteiger partial charge is 0.353 e. The van der Waals surface area contributed by atoms with Gasteiger partial charge in [-0.1, -0.05) is 24.3 Å². The first-order valence-electron chi connectivity index (χ1n) is 10.9. The van der Waals surface area contributed by atoms with E-state index in [9.17, 15) is 0 Å². The van der Waals surface area contributed by atoms with E-state index in [0.717, 1.165) is 45.5 Å². The van der Waals surface area contributed by atoms with E-state index in [2.05, 4.69) is 105 Å². The Kier molecular flexibility index (Phi) is 4.82. The van der Waals surface area contributed by atoms with Crippen LogP contribution in [0.25, 0.3) is 54.8 Å². The Labute approximate surface area is 195 Å². The van der Waals surface area contributed by atoms with Gasteiger partial charge in [0.25, 0.3) is 0 Å². The van der Waals surface area contributed by atoms with Crippen molar-refractivity contribution in [1.29, 1.82) is 0 Å². The van der Waals surface area contributed by atoms with Gasteiger partial charge in [-0.15, -0.1) is 11.3 Å². The summed E-state index contributed by atoms with van der Waals surface area (Å²) in [6.07, 6.45) is 3.86. The van der Waals surface area contributed by atoms with Crippen molar-refractivity contribution in [2.75, 3.05) is 14.1 Å². The normalized spacial score (nSPS) is 11.7. The second-order valence-corrected chi connectivity index (χ2v) is 9.53. The van der Waals surface area contributed by atoms with Gasteiger partial charge >= 0.3 is 0 Å². The zero-order valence-electron chi connectivity index (χ0n) is 18.5. The number of H-pyrrole nitrogens is 2. The number of nitrogens with one attached hydrogen (secondary N) is 2. The van der Waals surface area contributed by atoms with E-state index in [1.807, 2.05) is 12.4 Å². The fourth-order valence-electron chi connectivity index (χ4n) is 4.43. The van der Waals surface area contributed by atoms with E-state index in [4.69, 9.17) is 0 Å². The maximum absolute atomic E-state index is 4.67. The second kappa shape index (κ2) is 7.99. The minimum absolute atomic E-state index is 0.863. The van der Waals surface area contributed by atoms with Crippen molar-refractivity contribution >= 4 is 33.1 Å². The molecule has 0 saturated heterocycles. The molecule has 0 spiro atoms. The van der Waals surface area contributed by atoms with Crippen LogP contribution in [0.1, 0.15) is 5.56 Å². The summed E-state index contributed by atoms with van der Waals surface area (Å²) in [5.41, 5.74) is 8.76. The number of benzene rings is 2. The molecule has 0 unspecified atom stereocenters. The van der Waals surface area contributed by atoms with Crippen molar-refractivity contribution in [3.63, 3.8) is 0 Å². The van der Waals surface area contributed by atoms with Crippen LogP contribution < -0.4 is 0 Å². The molecule has 0 aliphatic heterocycles. The number of hydrogen-bond donors (Lipinski definition) is 2. The first-order valence-corrected chi connectivity index (χ1v) is 11.8. The smallest absolute Gasteiger partial charge is 0.116 e. The summed E-state index contributed by atoms with van der Waals surface area (Å²) in [5.74, 6) is 0. The SMILES string of the molecule is CN(C)Cc1cncc(-c2ccc3[nH]nc(-c4cc5c(-c6cccs6)cccc5[nH]4)c3c2)c1. The summed E-state index contributed by atoms with van der Waals surface area (Å²) < 4.78 is 0. The number of pyridine rings is 1. The average Bonchev–Trinajstić information content (AvgIpc) is 3.57. The molecule has 6 rings (SSSR count). The van der Waals surface area contributed by atoms with Crippen molar-refractivity contribution in [3.05, 3.63) is 84.0 Å². The van der Waals surface area contributed by atoms with Gasteiger partial charge in [0.1, 0.15) is 5.69 Å². The molecule has 33 heavy (non-hydrogen) atoms. The summed E-state index contributed by atoms with van der Waals surface area (Å²) in [6.45, 7) is 0.863. The van der Waals surface area contributed by atoms with Crippen molar-refractivity contribution in [3.8, 4) is 33.0 Å². The molecule has 2 N–H and O–H groups in total. The number of fused-ring (bicyclic) bond motifs is 2. The molecule has 0 aliphatic carbocycles. The lowest BCUT2D eigenvalue weighted by atomic mass is 10.0. The van der Waals surface area contributed by atoms with Gasteiger partial charge in [0, 0.05) is 51.2 Å². The Balaban J connectivity index is 1.45. The molecular formula is C27H23N5S. The summed E-state index contributed by atoms with van der Waals surface area (Å²) >= 11 is 1.76. The second-order valence-electron chi connectivity index (χ2n) is 8.58. The Hall–Kier alpha value is -3.74. The molecule has 0 saturated carbocycles. The highest BCUT2D eigenvalue weighted by Crippen LogP contribution is 2.36. The molecule has 6 heteroatoms. The highest BCUT2D eigenvalue weighted by atomic mass is 32.1. The topological polar surface area (TPSA) is 60.6 Å². The zero-order valence-corrected chi connectivity index (χ0v) is 19.3. The maximum atomic E-state index is 4.67. The van der Waals surface area contributed by atoms with Crippen LogP contribution in [0.4, 0.5) is 0 Å². The van der Waals surface area contributed by atoms with Crippen LogP contribution in [0.15, 0.2) is 78.4 Å². The standard InChI is InChI=1S/C27H23N5S/c1-32(2)16-17-11-19(15-28-14-17)18-8-9-24-22(12-18)27(31-30-24)25-13-21-20(26-7-4-10-33-26)5-3-6-23(21)29-25/h3-15,29H,16H2,1-2H3,(H,30,31). The molecule has 4 heterocycles. The molecule has 2 aromatic carbocycles. The molecule has 0 aliphatic rings. The highest BCUT2D eigenvalue weighted by Gasteiger charge is 2.14. The van der Waals surface area contributed by atoms with Gasteiger partial charge in [-0.25, -0.2) is 0 Å². The molecule has 0 fully saturated rings. The quantitative estimate of drug-likeness (QED) is 0.313. The number of nitrogens with zero attached hydrogens (tertiary/aromatic N) is 3. The number of thiophene rings is 1. The third-order valence-corrected chi connectivity index (χ3v) is 6.80. The summed E-state index contributed by atoms with van der Waals surface area (Å²) in [4.78, 5) is 11.5. The van der Waals surface area contributed by atoms with Crippen LogP contribution >= 0.6 is 11.3 Å². The predicted octanol–water partition coefficient (Wildman–Crippen LogP) is 6.56. The molecule has 0 atom stereocenters. The molecule has 0 radical (unpaired) electrons. The molecular weight excluding hydrogens is 426 g/mol.